The Kier molecular flexibility index (Phi) is 7.10. The molecule has 0 heterocycles. The third-order valence-electron chi connectivity index (χ3n) is 4.77. The largest absolute Gasteiger partial charge is 0.374 e. The molecule has 3 aromatic carbocycles. The number of nitrogens with zero attached hydrogens (tertiary/aromatic N) is 2. The fourth-order valence-corrected chi connectivity index (χ4v) is 3.26. The zero-order chi connectivity index (χ0) is 22.4. The molecule has 0 radical (unpaired) electrons. The zero-order valence-electron chi connectivity index (χ0n) is 17.2. The number of nitrogens with one attached hydrogen (secondary N) is 2. The second-order valence-electron chi connectivity index (χ2n) is 7.17. The van der Waals surface area contributed by atoms with E-state index in [1.807, 2.05) is 49.5 Å². The zero-order valence-corrected chi connectivity index (χ0v) is 18.0. The molecule has 0 spiro atoms. The van der Waals surface area contributed by atoms with Crippen molar-refractivity contribution in [2.24, 2.45) is 0 Å². The third kappa shape index (κ3) is 5.96. The predicted molar refractivity (Wildman–Crippen MR) is 125 cm³/mol. The molecule has 8 heteroatoms. The van der Waals surface area contributed by atoms with E-state index in [1.54, 1.807) is 6.92 Å². The normalized spacial score (nSPS) is 11.5. The first-order chi connectivity index (χ1) is 14.8. The Morgan fingerprint density at radius 2 is 1.77 bits per heavy atom. The van der Waals surface area contributed by atoms with Gasteiger partial charge in [0.2, 0.25) is 5.91 Å². The highest BCUT2D eigenvalue weighted by Crippen LogP contribution is 2.27. The summed E-state index contributed by atoms with van der Waals surface area (Å²) in [5.74, 6) is -0.305. The first-order valence-corrected chi connectivity index (χ1v) is 10.1. The summed E-state index contributed by atoms with van der Waals surface area (Å²) in [7, 11) is 2.03. The minimum Gasteiger partial charge on any atom is -0.374 e. The van der Waals surface area contributed by atoms with Crippen LogP contribution in [-0.4, -0.2) is 23.9 Å². The Hall–Kier alpha value is -3.58. The Bertz CT molecular complexity index is 1060. The second kappa shape index (κ2) is 9.95. The van der Waals surface area contributed by atoms with E-state index in [9.17, 15) is 14.9 Å². The van der Waals surface area contributed by atoms with E-state index < -0.39 is 11.0 Å². The van der Waals surface area contributed by atoms with E-state index >= 15 is 0 Å². The van der Waals surface area contributed by atoms with Gasteiger partial charge < -0.3 is 15.5 Å². The van der Waals surface area contributed by atoms with E-state index in [4.69, 9.17) is 11.6 Å². The van der Waals surface area contributed by atoms with Crippen LogP contribution in [0.15, 0.2) is 72.8 Å². The van der Waals surface area contributed by atoms with Crippen LogP contribution in [0.1, 0.15) is 12.5 Å². The smallest absolute Gasteiger partial charge is 0.271 e. The molecule has 0 aromatic heterocycles. The highest BCUT2D eigenvalue weighted by atomic mass is 35.5. The average molecular weight is 439 g/mol. The summed E-state index contributed by atoms with van der Waals surface area (Å²) in [6.07, 6.45) is 0. The van der Waals surface area contributed by atoms with Crippen LogP contribution in [0.25, 0.3) is 0 Å². The van der Waals surface area contributed by atoms with Crippen LogP contribution in [0.3, 0.4) is 0 Å². The van der Waals surface area contributed by atoms with E-state index in [0.29, 0.717) is 5.69 Å². The summed E-state index contributed by atoms with van der Waals surface area (Å²) in [4.78, 5) is 24.9. The van der Waals surface area contributed by atoms with Crippen LogP contribution >= 0.6 is 11.6 Å². The van der Waals surface area contributed by atoms with E-state index in [-0.39, 0.29) is 16.6 Å². The maximum absolute atomic E-state index is 12.5. The number of benzene rings is 3. The van der Waals surface area contributed by atoms with Crippen LogP contribution in [0.4, 0.5) is 22.7 Å². The first kappa shape index (κ1) is 22.1. The summed E-state index contributed by atoms with van der Waals surface area (Å²) in [5.41, 5.74) is 3.27. The standard InChI is InChI=1S/C23H23ClN4O3/c1-16(23(29)26-22-13-12-20(28(30)31)14-21(22)24)25-18-8-10-19(11-9-18)27(2)15-17-6-4-3-5-7-17/h3-14,16,25H,15H2,1-2H3,(H,26,29). The molecule has 160 valence electrons. The van der Waals surface area contributed by atoms with Gasteiger partial charge in [0.05, 0.1) is 15.6 Å². The summed E-state index contributed by atoms with van der Waals surface area (Å²) in [6.45, 7) is 2.52. The summed E-state index contributed by atoms with van der Waals surface area (Å²) < 4.78 is 0. The molecule has 1 unspecified atom stereocenters. The van der Waals surface area contributed by atoms with Gasteiger partial charge in [0.15, 0.2) is 0 Å². The van der Waals surface area contributed by atoms with Gasteiger partial charge in [-0.3, -0.25) is 14.9 Å². The molecule has 0 saturated carbocycles. The summed E-state index contributed by atoms with van der Waals surface area (Å²) in [6, 6.07) is 21.4. The van der Waals surface area contributed by atoms with E-state index in [1.165, 1.54) is 23.8 Å². The molecule has 1 amide bonds. The Morgan fingerprint density at radius 1 is 1.10 bits per heavy atom. The number of rotatable bonds is 8. The Balaban J connectivity index is 1.58. The monoisotopic (exact) mass is 438 g/mol. The van der Waals surface area contributed by atoms with E-state index in [0.717, 1.165) is 17.9 Å². The van der Waals surface area contributed by atoms with Crippen LogP contribution in [0.5, 0.6) is 0 Å². The molecule has 3 rings (SSSR count). The van der Waals surface area contributed by atoms with Gasteiger partial charge in [0, 0.05) is 37.1 Å². The number of nitro groups is 1. The summed E-state index contributed by atoms with van der Waals surface area (Å²) >= 11 is 6.04. The highest BCUT2D eigenvalue weighted by molar-refractivity contribution is 6.34. The molecule has 0 bridgehead atoms. The van der Waals surface area contributed by atoms with Crippen molar-refractivity contribution in [3.8, 4) is 0 Å². The van der Waals surface area contributed by atoms with Crippen molar-refractivity contribution in [3.63, 3.8) is 0 Å². The Morgan fingerprint density at radius 3 is 2.39 bits per heavy atom. The van der Waals surface area contributed by atoms with Gasteiger partial charge in [-0.1, -0.05) is 41.9 Å². The first-order valence-electron chi connectivity index (χ1n) is 9.70. The molecular weight excluding hydrogens is 416 g/mol. The molecule has 0 saturated heterocycles. The molecule has 31 heavy (non-hydrogen) atoms. The highest BCUT2D eigenvalue weighted by Gasteiger charge is 2.16. The molecule has 1 atom stereocenters. The number of carbonyl (C=O) groups excluding carboxylic acids is 1. The van der Waals surface area contributed by atoms with Gasteiger partial charge in [0.1, 0.15) is 6.04 Å². The number of amides is 1. The molecule has 0 aliphatic heterocycles. The maximum atomic E-state index is 12.5. The molecule has 0 aliphatic rings. The Labute approximate surface area is 185 Å². The minimum atomic E-state index is -0.542. The van der Waals surface area contributed by atoms with Crippen molar-refractivity contribution in [2.45, 2.75) is 19.5 Å². The summed E-state index contributed by atoms with van der Waals surface area (Å²) in [5, 5.41) is 16.7. The number of anilines is 3. The van der Waals surface area contributed by atoms with Gasteiger partial charge in [-0.25, -0.2) is 0 Å². The molecule has 2 N–H and O–H groups in total. The number of carbonyl (C=O) groups is 1. The van der Waals surface area contributed by atoms with Crippen LogP contribution in [0, 0.1) is 10.1 Å². The fraction of sp³-hybridized carbons (Fsp3) is 0.174. The van der Waals surface area contributed by atoms with Crippen molar-refractivity contribution in [1.82, 2.24) is 0 Å². The lowest BCUT2D eigenvalue weighted by molar-refractivity contribution is -0.384. The number of non-ortho nitro benzene ring substituents is 1. The topological polar surface area (TPSA) is 87.5 Å². The van der Waals surface area contributed by atoms with Crippen molar-refractivity contribution in [2.75, 3.05) is 22.6 Å². The third-order valence-corrected chi connectivity index (χ3v) is 5.08. The van der Waals surface area contributed by atoms with Gasteiger partial charge >= 0.3 is 0 Å². The lowest BCUT2D eigenvalue weighted by atomic mass is 10.2. The number of halogens is 1. The van der Waals surface area contributed by atoms with Gasteiger partial charge in [-0.2, -0.15) is 0 Å². The van der Waals surface area contributed by atoms with Crippen LogP contribution in [-0.2, 0) is 11.3 Å². The van der Waals surface area contributed by atoms with Crippen molar-refractivity contribution in [3.05, 3.63) is 93.5 Å². The quantitative estimate of drug-likeness (QED) is 0.367. The number of hydrogen-bond acceptors (Lipinski definition) is 5. The average Bonchev–Trinajstić information content (AvgIpc) is 2.76. The molecule has 0 fully saturated rings. The SMILES string of the molecule is CC(Nc1ccc(N(C)Cc2ccccc2)cc1)C(=O)Nc1ccc([N+](=O)[O-])cc1Cl. The second-order valence-corrected chi connectivity index (χ2v) is 7.57. The maximum Gasteiger partial charge on any atom is 0.271 e. The van der Waals surface area contributed by atoms with Gasteiger partial charge in [0.25, 0.3) is 5.69 Å². The molecule has 3 aromatic rings. The van der Waals surface area contributed by atoms with Crippen LogP contribution < -0.4 is 15.5 Å². The van der Waals surface area contributed by atoms with E-state index in [2.05, 4.69) is 27.7 Å². The minimum absolute atomic E-state index is 0.112. The molecule has 7 nitrogen and oxygen atoms in total. The van der Waals surface area contributed by atoms with Gasteiger partial charge in [-0.05, 0) is 42.8 Å². The van der Waals surface area contributed by atoms with Crippen molar-refractivity contribution >= 4 is 40.3 Å². The lowest BCUT2D eigenvalue weighted by Gasteiger charge is -2.21. The van der Waals surface area contributed by atoms with Crippen molar-refractivity contribution in [1.29, 1.82) is 0 Å². The number of hydrogen-bond donors (Lipinski definition) is 2. The number of nitro benzene ring substituents is 1. The molecular formula is C23H23ClN4O3. The lowest BCUT2D eigenvalue weighted by Crippen LogP contribution is -2.32. The van der Waals surface area contributed by atoms with Crippen molar-refractivity contribution < 1.29 is 9.72 Å². The fourth-order valence-electron chi connectivity index (χ4n) is 3.04. The predicted octanol–water partition coefficient (Wildman–Crippen LogP) is 5.32. The van der Waals surface area contributed by atoms with Crippen LogP contribution in [0.2, 0.25) is 5.02 Å². The molecule has 0 aliphatic carbocycles. The van der Waals surface area contributed by atoms with Gasteiger partial charge in [-0.15, -0.1) is 0 Å².